The maximum atomic E-state index is 4.93. The largest absolute Gasteiger partial charge is 0.319 e. The Morgan fingerprint density at radius 2 is 1.39 bits per heavy atom. The normalized spacial score (nSPS) is 18.7. The summed E-state index contributed by atoms with van der Waals surface area (Å²) >= 11 is 0. The second-order valence-electron chi connectivity index (χ2n) is 15.0. The SMILES string of the molecule is CC1(C)c2ccccc2N2c3ccc(N(C4=CCCC=N4)C4C=CC=CC4)cc3C(C)(C)c3cc(N(c4ccccc4)c4ccccn4)cc1c32. The fourth-order valence-electron chi connectivity index (χ4n) is 8.56. The van der Waals surface area contributed by atoms with Gasteiger partial charge in [0.25, 0.3) is 0 Å². The number of aromatic nitrogens is 1. The lowest BCUT2D eigenvalue weighted by molar-refractivity contribution is 0.597. The number of aliphatic imine (C=N–C) groups is 1. The minimum Gasteiger partial charge on any atom is -0.319 e. The zero-order chi connectivity index (χ0) is 34.7. The van der Waals surface area contributed by atoms with E-state index in [0.29, 0.717) is 0 Å². The molecule has 5 heteroatoms. The van der Waals surface area contributed by atoms with Gasteiger partial charge in [-0.1, -0.05) is 94.5 Å². The molecule has 0 spiro atoms. The molecule has 9 rings (SSSR count). The fraction of sp³-hybridized carbons (Fsp3) is 0.217. The summed E-state index contributed by atoms with van der Waals surface area (Å²) in [7, 11) is 0. The Bertz CT molecular complexity index is 2220. The van der Waals surface area contributed by atoms with E-state index in [1.807, 2.05) is 12.3 Å². The number of benzene rings is 4. The molecule has 0 saturated carbocycles. The van der Waals surface area contributed by atoms with E-state index < -0.39 is 0 Å². The lowest BCUT2D eigenvalue weighted by Gasteiger charge is -2.50. The zero-order valence-electron chi connectivity index (χ0n) is 29.8. The van der Waals surface area contributed by atoms with Crippen LogP contribution >= 0.6 is 0 Å². The van der Waals surface area contributed by atoms with E-state index in [0.717, 1.165) is 42.3 Å². The third kappa shape index (κ3) is 4.97. The molecule has 252 valence electrons. The molecule has 1 aromatic heterocycles. The molecular weight excluding hydrogens is 623 g/mol. The standard InChI is InChI=1S/C46H43N5/c1-45(2)36-21-11-12-22-40(36)51-41-26-25-34(49(32-17-7-5-8-18-32)42-23-13-15-27-47-42)29-37(41)46(3,4)39-31-35(30-38(45)44(39)51)50(33-19-9-6-10-20-33)43-24-14-16-28-48-43/h5-12,14,16-17,19-32H,13,15,18H2,1-4H3. The average Bonchev–Trinajstić information content (AvgIpc) is 3.17. The van der Waals surface area contributed by atoms with Gasteiger partial charge in [-0.15, -0.1) is 0 Å². The monoisotopic (exact) mass is 665 g/mol. The van der Waals surface area contributed by atoms with Crippen molar-refractivity contribution in [2.45, 2.75) is 63.8 Å². The van der Waals surface area contributed by atoms with Gasteiger partial charge in [0.1, 0.15) is 11.6 Å². The predicted molar refractivity (Wildman–Crippen MR) is 213 cm³/mol. The molecule has 0 radical (unpaired) electrons. The van der Waals surface area contributed by atoms with Crippen molar-refractivity contribution >= 4 is 46.2 Å². The highest BCUT2D eigenvalue weighted by Crippen LogP contribution is 2.61. The number of hydrogen-bond acceptors (Lipinski definition) is 5. The number of hydrogen-bond donors (Lipinski definition) is 0. The van der Waals surface area contributed by atoms with Gasteiger partial charge in [0.2, 0.25) is 0 Å². The van der Waals surface area contributed by atoms with E-state index in [1.165, 1.54) is 45.0 Å². The second kappa shape index (κ2) is 12.0. The van der Waals surface area contributed by atoms with E-state index in [1.54, 1.807) is 0 Å². The number of allylic oxidation sites excluding steroid dienone is 3. The molecule has 4 aliphatic rings. The van der Waals surface area contributed by atoms with Gasteiger partial charge >= 0.3 is 0 Å². The quantitative estimate of drug-likeness (QED) is 0.181. The molecule has 0 amide bonds. The van der Waals surface area contributed by atoms with Crippen LogP contribution in [0.25, 0.3) is 0 Å². The van der Waals surface area contributed by atoms with E-state index in [4.69, 9.17) is 9.98 Å². The maximum absolute atomic E-state index is 4.93. The van der Waals surface area contributed by atoms with Gasteiger partial charge in [-0.2, -0.15) is 0 Å². The van der Waals surface area contributed by atoms with Crippen LogP contribution < -0.4 is 14.7 Å². The van der Waals surface area contributed by atoms with Gasteiger partial charge in [-0.05, 0) is 108 Å². The molecule has 5 aromatic rings. The van der Waals surface area contributed by atoms with Crippen LogP contribution in [0.1, 0.15) is 69.2 Å². The van der Waals surface area contributed by atoms with Crippen molar-refractivity contribution < 1.29 is 0 Å². The van der Waals surface area contributed by atoms with Crippen LogP contribution in [0.4, 0.5) is 39.9 Å². The van der Waals surface area contributed by atoms with Crippen molar-refractivity contribution in [3.63, 3.8) is 0 Å². The van der Waals surface area contributed by atoms with Gasteiger partial charge < -0.3 is 9.80 Å². The van der Waals surface area contributed by atoms with Crippen molar-refractivity contribution in [3.8, 4) is 0 Å². The first kappa shape index (κ1) is 31.3. The van der Waals surface area contributed by atoms with Crippen molar-refractivity contribution in [1.82, 2.24) is 4.98 Å². The summed E-state index contributed by atoms with van der Waals surface area (Å²) in [6, 6.07) is 37.9. The highest BCUT2D eigenvalue weighted by Gasteiger charge is 2.46. The number of rotatable bonds is 6. The summed E-state index contributed by atoms with van der Waals surface area (Å²) < 4.78 is 0. The van der Waals surface area contributed by atoms with Gasteiger partial charge in [-0.3, -0.25) is 4.90 Å². The third-order valence-corrected chi connectivity index (χ3v) is 11.2. The minimum absolute atomic E-state index is 0.195. The highest BCUT2D eigenvalue weighted by atomic mass is 15.2. The Balaban J connectivity index is 1.30. The molecule has 0 saturated heterocycles. The van der Waals surface area contributed by atoms with Gasteiger partial charge in [0.05, 0.1) is 23.1 Å². The smallest absolute Gasteiger partial charge is 0.137 e. The number of nitrogens with zero attached hydrogens (tertiary/aromatic N) is 5. The Morgan fingerprint density at radius 1 is 0.667 bits per heavy atom. The molecular formula is C46H43N5. The van der Waals surface area contributed by atoms with Crippen LogP contribution in [0, 0.1) is 0 Å². The number of para-hydroxylation sites is 2. The topological polar surface area (TPSA) is 35.0 Å². The van der Waals surface area contributed by atoms with Crippen molar-refractivity contribution in [2.24, 2.45) is 4.99 Å². The molecule has 0 fully saturated rings. The van der Waals surface area contributed by atoms with E-state index in [2.05, 4.69) is 176 Å². The average molecular weight is 666 g/mol. The lowest BCUT2D eigenvalue weighted by atomic mass is 9.66. The molecule has 0 N–H and O–H groups in total. The summed E-state index contributed by atoms with van der Waals surface area (Å²) in [5.74, 6) is 1.92. The number of anilines is 7. The summed E-state index contributed by atoms with van der Waals surface area (Å²) in [5, 5.41) is 0. The lowest BCUT2D eigenvalue weighted by Crippen LogP contribution is -2.39. The van der Waals surface area contributed by atoms with E-state index >= 15 is 0 Å². The summed E-state index contributed by atoms with van der Waals surface area (Å²) in [4.78, 5) is 17.1. The van der Waals surface area contributed by atoms with Gasteiger partial charge in [0.15, 0.2) is 0 Å². The Morgan fingerprint density at radius 3 is 2.12 bits per heavy atom. The minimum atomic E-state index is -0.324. The van der Waals surface area contributed by atoms with Crippen molar-refractivity contribution in [2.75, 3.05) is 14.7 Å². The molecule has 3 aliphatic heterocycles. The summed E-state index contributed by atoms with van der Waals surface area (Å²) in [6.45, 7) is 9.56. The van der Waals surface area contributed by atoms with Gasteiger partial charge in [0, 0.05) is 40.3 Å². The number of pyridine rings is 1. The first-order valence-electron chi connectivity index (χ1n) is 18.2. The van der Waals surface area contributed by atoms with Crippen LogP contribution in [-0.4, -0.2) is 17.2 Å². The fourth-order valence-corrected chi connectivity index (χ4v) is 8.56. The summed E-state index contributed by atoms with van der Waals surface area (Å²) in [5.41, 5.74) is 11.8. The van der Waals surface area contributed by atoms with Crippen molar-refractivity contribution in [3.05, 3.63) is 168 Å². The molecule has 1 aliphatic carbocycles. The van der Waals surface area contributed by atoms with Gasteiger partial charge in [-0.25, -0.2) is 9.98 Å². The second-order valence-corrected chi connectivity index (χ2v) is 15.0. The Labute approximate surface area is 301 Å². The molecule has 4 heterocycles. The predicted octanol–water partition coefficient (Wildman–Crippen LogP) is 11.7. The Hall–Kier alpha value is -5.68. The first-order valence-corrected chi connectivity index (χ1v) is 18.2. The molecule has 5 nitrogen and oxygen atoms in total. The highest BCUT2D eigenvalue weighted by molar-refractivity contribution is 5.95. The summed E-state index contributed by atoms with van der Waals surface area (Å²) in [6.07, 6.45) is 18.1. The van der Waals surface area contributed by atoms with Crippen LogP contribution in [0.2, 0.25) is 0 Å². The third-order valence-electron chi connectivity index (χ3n) is 11.2. The van der Waals surface area contributed by atoms with E-state index in [-0.39, 0.29) is 16.9 Å². The number of fused-ring (bicyclic) bond motifs is 4. The maximum Gasteiger partial charge on any atom is 0.137 e. The molecule has 51 heavy (non-hydrogen) atoms. The van der Waals surface area contributed by atoms with Crippen molar-refractivity contribution in [1.29, 1.82) is 0 Å². The Kier molecular flexibility index (Phi) is 7.36. The molecule has 4 aromatic carbocycles. The molecule has 0 bridgehead atoms. The van der Waals surface area contributed by atoms with Crippen LogP contribution in [0.3, 0.4) is 0 Å². The molecule has 1 atom stereocenters. The first-order chi connectivity index (χ1) is 24.8. The zero-order valence-corrected chi connectivity index (χ0v) is 29.8. The van der Waals surface area contributed by atoms with E-state index in [9.17, 15) is 0 Å². The van der Waals surface area contributed by atoms with Crippen LogP contribution in [0.15, 0.2) is 151 Å². The van der Waals surface area contributed by atoms with Crippen LogP contribution in [-0.2, 0) is 10.8 Å². The molecule has 1 unspecified atom stereocenters. The van der Waals surface area contributed by atoms with Crippen LogP contribution in [0.5, 0.6) is 0 Å².